The van der Waals surface area contributed by atoms with E-state index < -0.39 is 5.97 Å². The molecule has 4 nitrogen and oxygen atoms in total. The van der Waals surface area contributed by atoms with E-state index in [0.29, 0.717) is 6.04 Å². The Hall–Kier alpha value is -1.10. The van der Waals surface area contributed by atoms with Gasteiger partial charge in [-0.2, -0.15) is 0 Å². The maximum Gasteiger partial charge on any atom is 0.312 e. The van der Waals surface area contributed by atoms with Crippen LogP contribution in [0.4, 0.5) is 5.13 Å². The molecule has 20 heavy (non-hydrogen) atoms. The highest BCUT2D eigenvalue weighted by molar-refractivity contribution is 7.15. The summed E-state index contributed by atoms with van der Waals surface area (Å²) in [5.41, 5.74) is 0.833. The highest BCUT2D eigenvalue weighted by Gasteiger charge is 2.40. The molecule has 3 aliphatic carbocycles. The van der Waals surface area contributed by atoms with Crippen molar-refractivity contribution in [3.05, 3.63) is 10.6 Å². The van der Waals surface area contributed by atoms with Crippen LogP contribution in [0, 0.1) is 11.8 Å². The van der Waals surface area contributed by atoms with Crippen LogP contribution in [-0.4, -0.2) is 22.1 Å². The van der Waals surface area contributed by atoms with Crippen LogP contribution in [0.5, 0.6) is 0 Å². The van der Waals surface area contributed by atoms with Crippen LogP contribution in [0.25, 0.3) is 0 Å². The molecule has 1 heterocycles. The average Bonchev–Trinajstić information content (AvgIpc) is 3.11. The van der Waals surface area contributed by atoms with E-state index in [2.05, 4.69) is 10.3 Å². The predicted molar refractivity (Wildman–Crippen MR) is 78.3 cm³/mol. The van der Waals surface area contributed by atoms with E-state index in [0.717, 1.165) is 41.9 Å². The van der Waals surface area contributed by atoms with Gasteiger partial charge in [-0.3, -0.25) is 4.79 Å². The SMILES string of the molecule is O=C(O)C1CCCc2sc(NC3CC4CCC3C4)nc21. The third-order valence-corrected chi connectivity index (χ3v) is 6.36. The molecule has 1 aromatic rings. The van der Waals surface area contributed by atoms with E-state index in [-0.39, 0.29) is 5.92 Å². The van der Waals surface area contributed by atoms with Gasteiger partial charge in [0.05, 0.1) is 5.69 Å². The largest absolute Gasteiger partial charge is 0.481 e. The summed E-state index contributed by atoms with van der Waals surface area (Å²) in [4.78, 5) is 17.1. The molecule has 2 saturated carbocycles. The monoisotopic (exact) mass is 292 g/mol. The van der Waals surface area contributed by atoms with Gasteiger partial charge >= 0.3 is 5.97 Å². The molecule has 1 aromatic heterocycles. The summed E-state index contributed by atoms with van der Waals surface area (Å²) in [6.07, 6.45) is 8.11. The second-order valence-electron chi connectivity index (χ2n) is 6.54. The van der Waals surface area contributed by atoms with Gasteiger partial charge in [-0.1, -0.05) is 6.42 Å². The first-order chi connectivity index (χ1) is 9.70. The highest BCUT2D eigenvalue weighted by Crippen LogP contribution is 2.46. The van der Waals surface area contributed by atoms with Gasteiger partial charge < -0.3 is 10.4 Å². The molecule has 4 rings (SSSR count). The second kappa shape index (κ2) is 4.72. The Balaban J connectivity index is 1.54. The zero-order valence-corrected chi connectivity index (χ0v) is 12.3. The molecule has 0 radical (unpaired) electrons. The first kappa shape index (κ1) is 12.6. The van der Waals surface area contributed by atoms with Crippen LogP contribution in [0.1, 0.15) is 55.0 Å². The summed E-state index contributed by atoms with van der Waals surface area (Å²) < 4.78 is 0. The van der Waals surface area contributed by atoms with E-state index in [1.54, 1.807) is 11.3 Å². The molecule has 5 heteroatoms. The Morgan fingerprint density at radius 2 is 2.20 bits per heavy atom. The van der Waals surface area contributed by atoms with E-state index in [4.69, 9.17) is 0 Å². The maximum absolute atomic E-state index is 11.3. The summed E-state index contributed by atoms with van der Waals surface area (Å²) in [5.74, 6) is 0.628. The minimum Gasteiger partial charge on any atom is -0.481 e. The number of hydrogen-bond donors (Lipinski definition) is 2. The van der Waals surface area contributed by atoms with Crippen molar-refractivity contribution in [1.29, 1.82) is 0 Å². The van der Waals surface area contributed by atoms with Crippen LogP contribution < -0.4 is 5.32 Å². The molecule has 4 atom stereocenters. The van der Waals surface area contributed by atoms with Crippen LogP contribution in [-0.2, 0) is 11.2 Å². The van der Waals surface area contributed by atoms with Crippen LogP contribution in [0.15, 0.2) is 0 Å². The fourth-order valence-electron chi connectivity index (χ4n) is 4.30. The number of aromatic nitrogens is 1. The molecule has 4 unspecified atom stereocenters. The molecule has 0 amide bonds. The van der Waals surface area contributed by atoms with E-state index >= 15 is 0 Å². The quantitative estimate of drug-likeness (QED) is 0.897. The Morgan fingerprint density at radius 1 is 1.30 bits per heavy atom. The van der Waals surface area contributed by atoms with Gasteiger partial charge in [0.15, 0.2) is 5.13 Å². The standard InChI is InChI=1S/C15H20N2O2S/c18-14(19)10-2-1-3-12-13(10)17-15(20-12)16-11-7-8-4-5-9(11)6-8/h8-11H,1-7H2,(H,16,17)(H,18,19). The zero-order chi connectivity index (χ0) is 13.7. The normalized spacial score (nSPS) is 35.0. The van der Waals surface area contributed by atoms with Crippen molar-refractivity contribution in [2.24, 2.45) is 11.8 Å². The molecule has 2 fully saturated rings. The molecule has 0 spiro atoms. The minimum atomic E-state index is -0.720. The predicted octanol–water partition coefficient (Wildman–Crippen LogP) is 3.25. The van der Waals surface area contributed by atoms with Crippen molar-refractivity contribution in [3.8, 4) is 0 Å². The first-order valence-electron chi connectivity index (χ1n) is 7.69. The molecule has 0 aromatic carbocycles. The number of carbonyl (C=O) groups is 1. The molecule has 2 N–H and O–H groups in total. The number of carboxylic acids is 1. The Bertz CT molecular complexity index is 542. The Kier molecular flexibility index (Phi) is 2.98. The number of nitrogens with one attached hydrogen (secondary N) is 1. The average molecular weight is 292 g/mol. The summed E-state index contributed by atoms with van der Waals surface area (Å²) in [7, 11) is 0. The second-order valence-corrected chi connectivity index (χ2v) is 7.62. The Labute approximate surface area is 122 Å². The van der Waals surface area contributed by atoms with E-state index in [1.165, 1.54) is 30.6 Å². The van der Waals surface area contributed by atoms with Gasteiger partial charge in [0.2, 0.25) is 0 Å². The number of hydrogen-bond acceptors (Lipinski definition) is 4. The molecule has 0 aliphatic heterocycles. The number of anilines is 1. The smallest absolute Gasteiger partial charge is 0.312 e. The molecular weight excluding hydrogens is 272 g/mol. The van der Waals surface area contributed by atoms with Crippen LogP contribution in [0.3, 0.4) is 0 Å². The van der Waals surface area contributed by atoms with E-state index in [1.807, 2.05) is 0 Å². The number of rotatable bonds is 3. The fourth-order valence-corrected chi connectivity index (χ4v) is 5.43. The van der Waals surface area contributed by atoms with Gasteiger partial charge in [0.25, 0.3) is 0 Å². The van der Waals surface area contributed by atoms with Gasteiger partial charge in [-0.15, -0.1) is 11.3 Å². The lowest BCUT2D eigenvalue weighted by Gasteiger charge is -2.22. The van der Waals surface area contributed by atoms with Crippen LogP contribution >= 0.6 is 11.3 Å². The number of aliphatic carboxylic acids is 1. The lowest BCUT2D eigenvalue weighted by Crippen LogP contribution is -2.25. The molecule has 0 saturated heterocycles. The lowest BCUT2D eigenvalue weighted by atomic mass is 9.91. The first-order valence-corrected chi connectivity index (χ1v) is 8.51. The van der Waals surface area contributed by atoms with Crippen molar-refractivity contribution in [2.75, 3.05) is 5.32 Å². The van der Waals surface area contributed by atoms with Gasteiger partial charge in [0, 0.05) is 10.9 Å². The number of aryl methyl sites for hydroxylation is 1. The molecule has 108 valence electrons. The van der Waals surface area contributed by atoms with Crippen molar-refractivity contribution in [1.82, 2.24) is 4.98 Å². The van der Waals surface area contributed by atoms with Gasteiger partial charge in [0.1, 0.15) is 5.92 Å². The molecule has 2 bridgehead atoms. The van der Waals surface area contributed by atoms with Gasteiger partial charge in [-0.05, 0) is 50.4 Å². The van der Waals surface area contributed by atoms with Crippen molar-refractivity contribution in [3.63, 3.8) is 0 Å². The Morgan fingerprint density at radius 3 is 2.90 bits per heavy atom. The zero-order valence-electron chi connectivity index (χ0n) is 11.5. The maximum atomic E-state index is 11.3. The third-order valence-electron chi connectivity index (χ3n) is 5.30. The third kappa shape index (κ3) is 2.03. The van der Waals surface area contributed by atoms with E-state index in [9.17, 15) is 9.90 Å². The molecular formula is C15H20N2O2S. The van der Waals surface area contributed by atoms with Crippen LogP contribution in [0.2, 0.25) is 0 Å². The topological polar surface area (TPSA) is 62.2 Å². The van der Waals surface area contributed by atoms with Crippen molar-refractivity contribution >= 4 is 22.4 Å². The highest BCUT2D eigenvalue weighted by atomic mass is 32.1. The summed E-state index contributed by atoms with van der Waals surface area (Å²) in [6, 6.07) is 0.574. The minimum absolute atomic E-state index is 0.384. The van der Waals surface area contributed by atoms with Crippen molar-refractivity contribution < 1.29 is 9.90 Å². The summed E-state index contributed by atoms with van der Waals surface area (Å²) in [5, 5.41) is 13.9. The number of nitrogens with zero attached hydrogens (tertiary/aromatic N) is 1. The number of carboxylic acid groups (broad SMARTS) is 1. The number of thiazole rings is 1. The van der Waals surface area contributed by atoms with Gasteiger partial charge in [-0.25, -0.2) is 4.98 Å². The molecule has 3 aliphatic rings. The lowest BCUT2D eigenvalue weighted by molar-refractivity contribution is -0.139. The van der Waals surface area contributed by atoms with Crippen molar-refractivity contribution in [2.45, 2.75) is 56.9 Å². The summed E-state index contributed by atoms with van der Waals surface area (Å²) >= 11 is 1.69. The summed E-state index contributed by atoms with van der Waals surface area (Å²) in [6.45, 7) is 0. The number of fused-ring (bicyclic) bond motifs is 3. The fraction of sp³-hybridized carbons (Fsp3) is 0.733.